The molecule has 0 aromatic carbocycles. The van der Waals surface area contributed by atoms with Crippen LogP contribution in [-0.2, 0) is 14.3 Å². The van der Waals surface area contributed by atoms with E-state index in [9.17, 15) is 14.4 Å². The third-order valence-electron chi connectivity index (χ3n) is 6.30. The lowest BCUT2D eigenvalue weighted by Crippen LogP contribution is -2.52. The van der Waals surface area contributed by atoms with E-state index in [1.54, 1.807) is 16.3 Å². The normalized spacial score (nSPS) is 30.3. The molecule has 1 aromatic rings. The number of hydrogen-bond donors (Lipinski definition) is 2. The molecule has 3 atom stereocenters. The minimum Gasteiger partial charge on any atom is -0.465 e. The van der Waals surface area contributed by atoms with Crippen molar-refractivity contribution in [2.75, 3.05) is 31.6 Å². The molecule has 1 aromatic heterocycles. The number of hydrogen-bond acceptors (Lipinski definition) is 6. The van der Waals surface area contributed by atoms with E-state index in [4.69, 9.17) is 4.74 Å². The number of carbonyl (C=O) groups excluding carboxylic acids is 3. The molecule has 4 rings (SSSR count). The summed E-state index contributed by atoms with van der Waals surface area (Å²) in [7, 11) is 1.33. The van der Waals surface area contributed by atoms with Crippen molar-refractivity contribution in [3.05, 3.63) is 17.0 Å². The van der Waals surface area contributed by atoms with Crippen molar-refractivity contribution in [2.45, 2.75) is 38.1 Å². The summed E-state index contributed by atoms with van der Waals surface area (Å²) < 4.78 is 4.80. The van der Waals surface area contributed by atoms with Crippen LogP contribution in [0.5, 0.6) is 0 Å². The van der Waals surface area contributed by atoms with Gasteiger partial charge in [-0.2, -0.15) is 0 Å². The maximum absolute atomic E-state index is 13.1. The van der Waals surface area contributed by atoms with E-state index in [-0.39, 0.29) is 17.2 Å². The van der Waals surface area contributed by atoms with E-state index < -0.39 is 12.0 Å². The first-order valence-corrected chi connectivity index (χ1v) is 10.4. The average molecular weight is 391 g/mol. The molecule has 1 saturated carbocycles. The van der Waals surface area contributed by atoms with Gasteiger partial charge in [0.1, 0.15) is 11.0 Å². The maximum Gasteiger partial charge on any atom is 0.340 e. The van der Waals surface area contributed by atoms with E-state index in [0.717, 1.165) is 25.8 Å². The molecule has 146 valence electrons. The summed E-state index contributed by atoms with van der Waals surface area (Å²) in [6, 6.07) is 1.14. The number of ether oxygens (including phenoxy) is 1. The third-order valence-corrected chi connectivity index (χ3v) is 7.23. The molecule has 8 heteroatoms. The molecule has 0 spiro atoms. The summed E-state index contributed by atoms with van der Waals surface area (Å²) in [5.41, 5.74) is 0.0280. The number of nitrogens with zero attached hydrogens (tertiary/aromatic N) is 1. The fourth-order valence-corrected chi connectivity index (χ4v) is 5.70. The number of amides is 2. The van der Waals surface area contributed by atoms with Crippen LogP contribution in [0.4, 0.5) is 5.00 Å². The van der Waals surface area contributed by atoms with Crippen LogP contribution in [0.3, 0.4) is 0 Å². The standard InChI is InChI=1S/C19H25N3O4S/c1-26-17(24)13-6-9-27-16(13)22-8-5-14(15(22)23)21-18(25)19-7-3-2-4-12(19)10-20-11-19/h6,9,12,14,20H,2-5,7-8,10-11H2,1H3,(H,21,25)/t12-,14?,19+/m0/s1. The summed E-state index contributed by atoms with van der Waals surface area (Å²) in [4.78, 5) is 39.6. The Bertz CT molecular complexity index is 764. The minimum atomic E-state index is -0.525. The molecule has 0 bridgehead atoms. The van der Waals surface area contributed by atoms with E-state index in [0.29, 0.717) is 36.0 Å². The van der Waals surface area contributed by atoms with Crippen LogP contribution in [0.2, 0.25) is 0 Å². The second kappa shape index (κ2) is 7.24. The SMILES string of the molecule is COC(=O)c1ccsc1N1CCC(NC(=O)[C@@]23CCCC[C@H]2CNC3)C1=O. The van der Waals surface area contributed by atoms with Crippen LogP contribution in [0.1, 0.15) is 42.5 Å². The molecule has 2 N–H and O–H groups in total. The number of thiophene rings is 1. The van der Waals surface area contributed by atoms with Gasteiger partial charge in [0.15, 0.2) is 0 Å². The van der Waals surface area contributed by atoms with Crippen molar-refractivity contribution in [3.8, 4) is 0 Å². The van der Waals surface area contributed by atoms with Crippen molar-refractivity contribution in [1.82, 2.24) is 10.6 Å². The molecule has 27 heavy (non-hydrogen) atoms. The molecule has 2 amide bonds. The van der Waals surface area contributed by atoms with Crippen molar-refractivity contribution in [1.29, 1.82) is 0 Å². The zero-order chi connectivity index (χ0) is 19.0. The number of carbonyl (C=O) groups is 3. The van der Waals surface area contributed by atoms with Crippen molar-refractivity contribution >= 4 is 34.1 Å². The molecule has 3 aliphatic rings. The Kier molecular flexibility index (Phi) is 4.94. The molecule has 3 fully saturated rings. The molecule has 2 aliphatic heterocycles. The van der Waals surface area contributed by atoms with Crippen LogP contribution in [-0.4, -0.2) is 50.6 Å². The lowest BCUT2D eigenvalue weighted by molar-refractivity contribution is -0.136. The predicted molar refractivity (Wildman–Crippen MR) is 102 cm³/mol. The van der Waals surface area contributed by atoms with Gasteiger partial charge in [-0.05, 0) is 43.2 Å². The molecule has 2 saturated heterocycles. The lowest BCUT2D eigenvalue weighted by Gasteiger charge is -2.37. The largest absolute Gasteiger partial charge is 0.465 e. The number of rotatable bonds is 4. The molecule has 0 radical (unpaired) electrons. The Morgan fingerprint density at radius 1 is 1.37 bits per heavy atom. The molecule has 3 heterocycles. The second-order valence-corrected chi connectivity index (χ2v) is 8.56. The number of esters is 1. The second-order valence-electron chi connectivity index (χ2n) is 7.67. The first-order valence-electron chi connectivity index (χ1n) is 9.56. The molecule has 7 nitrogen and oxygen atoms in total. The summed E-state index contributed by atoms with van der Waals surface area (Å²) in [6.07, 6.45) is 4.75. The first kappa shape index (κ1) is 18.4. The molecular weight excluding hydrogens is 366 g/mol. The van der Waals surface area contributed by atoms with Crippen LogP contribution in [0.15, 0.2) is 11.4 Å². The highest BCUT2D eigenvalue weighted by Gasteiger charge is 2.51. The van der Waals surface area contributed by atoms with Crippen LogP contribution in [0, 0.1) is 11.3 Å². The number of fused-ring (bicyclic) bond motifs is 1. The van der Waals surface area contributed by atoms with Gasteiger partial charge >= 0.3 is 5.97 Å². The monoisotopic (exact) mass is 391 g/mol. The van der Waals surface area contributed by atoms with Crippen LogP contribution < -0.4 is 15.5 Å². The number of nitrogens with one attached hydrogen (secondary N) is 2. The van der Waals surface area contributed by atoms with Gasteiger partial charge in [0.2, 0.25) is 11.8 Å². The average Bonchev–Trinajstić information content (AvgIpc) is 3.40. The zero-order valence-corrected chi connectivity index (χ0v) is 16.3. The molecular formula is C19H25N3O4S. The number of methoxy groups -OCH3 is 1. The van der Waals surface area contributed by atoms with Crippen LogP contribution >= 0.6 is 11.3 Å². The van der Waals surface area contributed by atoms with Crippen molar-refractivity contribution < 1.29 is 19.1 Å². The topological polar surface area (TPSA) is 87.7 Å². The quantitative estimate of drug-likeness (QED) is 0.760. The fraction of sp³-hybridized carbons (Fsp3) is 0.632. The Morgan fingerprint density at radius 2 is 2.22 bits per heavy atom. The van der Waals surface area contributed by atoms with Gasteiger partial charge in [-0.15, -0.1) is 11.3 Å². The van der Waals surface area contributed by atoms with Gasteiger partial charge in [0.05, 0.1) is 18.1 Å². The Balaban J connectivity index is 1.47. The van der Waals surface area contributed by atoms with Gasteiger partial charge in [0.25, 0.3) is 0 Å². The third kappa shape index (κ3) is 3.04. The van der Waals surface area contributed by atoms with Gasteiger partial charge in [-0.3, -0.25) is 9.59 Å². The highest BCUT2D eigenvalue weighted by Crippen LogP contribution is 2.44. The lowest BCUT2D eigenvalue weighted by atomic mass is 9.67. The molecule has 1 aliphatic carbocycles. The van der Waals surface area contributed by atoms with E-state index in [1.807, 2.05) is 0 Å². The summed E-state index contributed by atoms with van der Waals surface area (Å²) in [5, 5.41) is 8.78. The van der Waals surface area contributed by atoms with Gasteiger partial charge in [0, 0.05) is 13.1 Å². The smallest absolute Gasteiger partial charge is 0.340 e. The highest BCUT2D eigenvalue weighted by atomic mass is 32.1. The van der Waals surface area contributed by atoms with Crippen LogP contribution in [0.25, 0.3) is 0 Å². The van der Waals surface area contributed by atoms with E-state index in [2.05, 4.69) is 10.6 Å². The first-order chi connectivity index (χ1) is 13.1. The minimum absolute atomic E-state index is 0.0109. The predicted octanol–water partition coefficient (Wildman–Crippen LogP) is 1.54. The van der Waals surface area contributed by atoms with Crippen molar-refractivity contribution in [3.63, 3.8) is 0 Å². The maximum atomic E-state index is 13.1. The number of anilines is 1. The molecule has 1 unspecified atom stereocenters. The van der Waals surface area contributed by atoms with Crippen molar-refractivity contribution in [2.24, 2.45) is 11.3 Å². The fourth-order valence-electron chi connectivity index (χ4n) is 4.78. The van der Waals surface area contributed by atoms with E-state index in [1.165, 1.54) is 24.9 Å². The summed E-state index contributed by atoms with van der Waals surface area (Å²) >= 11 is 1.34. The summed E-state index contributed by atoms with van der Waals surface area (Å²) in [5.74, 6) is -0.225. The highest BCUT2D eigenvalue weighted by molar-refractivity contribution is 7.14. The Hall–Kier alpha value is -1.93. The zero-order valence-electron chi connectivity index (χ0n) is 15.5. The van der Waals surface area contributed by atoms with Gasteiger partial charge in [-0.25, -0.2) is 4.79 Å². The van der Waals surface area contributed by atoms with Gasteiger partial charge < -0.3 is 20.3 Å². The Labute approximate surface area is 162 Å². The summed E-state index contributed by atoms with van der Waals surface area (Å²) in [6.45, 7) is 2.07. The van der Waals surface area contributed by atoms with E-state index >= 15 is 0 Å². The Morgan fingerprint density at radius 3 is 3.04 bits per heavy atom. The van der Waals surface area contributed by atoms with Gasteiger partial charge in [-0.1, -0.05) is 12.8 Å².